The summed E-state index contributed by atoms with van der Waals surface area (Å²) in [6.45, 7) is 1.89. The molecular weight excluding hydrogens is 291 g/mol. The lowest BCUT2D eigenvalue weighted by Crippen LogP contribution is -2.23. The quantitative estimate of drug-likeness (QED) is 0.942. The minimum Gasteiger partial charge on any atom is -0.348 e. The summed E-state index contributed by atoms with van der Waals surface area (Å²) in [5.74, 6) is -0.850. The minimum atomic E-state index is -0.517. The van der Waals surface area contributed by atoms with Gasteiger partial charge in [0.05, 0.1) is 11.6 Å². The van der Waals surface area contributed by atoms with Crippen molar-refractivity contribution < 1.29 is 9.18 Å². The van der Waals surface area contributed by atoms with Gasteiger partial charge in [0, 0.05) is 22.7 Å². The molecule has 0 saturated carbocycles. The number of nitrogens with one attached hydrogen (secondary N) is 1. The molecule has 0 radical (unpaired) electrons. The molecule has 0 aliphatic rings. The summed E-state index contributed by atoms with van der Waals surface area (Å²) < 4.78 is 13.7. The number of aryl methyl sites for hydroxylation is 1. The number of hydrogen-bond acceptors (Lipinski definition) is 2. The summed E-state index contributed by atoms with van der Waals surface area (Å²) >= 11 is 5.96. The third kappa shape index (κ3) is 3.59. The number of halogens is 2. The highest BCUT2D eigenvalue weighted by atomic mass is 35.5. The van der Waals surface area contributed by atoms with E-state index in [2.05, 4.69) is 5.32 Å². The van der Waals surface area contributed by atoms with Crippen molar-refractivity contribution in [1.29, 1.82) is 5.26 Å². The summed E-state index contributed by atoms with van der Waals surface area (Å²) in [6.07, 6.45) is 0. The van der Waals surface area contributed by atoms with Gasteiger partial charge in [0.1, 0.15) is 5.82 Å². The van der Waals surface area contributed by atoms with Crippen LogP contribution in [0.2, 0.25) is 5.02 Å². The zero-order chi connectivity index (χ0) is 15.4. The van der Waals surface area contributed by atoms with Crippen LogP contribution in [0.1, 0.15) is 27.0 Å². The van der Waals surface area contributed by atoms with Crippen LogP contribution in [0.5, 0.6) is 0 Å². The Bertz CT molecular complexity index is 738. The molecule has 0 aliphatic heterocycles. The Hall–Kier alpha value is -2.38. The van der Waals surface area contributed by atoms with Crippen LogP contribution in [0.3, 0.4) is 0 Å². The standard InChI is InChI=1S/C16H12ClFN2O/c1-10-2-4-12(7-14(10)17)16(21)20-9-13-5-3-11(8-19)6-15(13)18/h2-7H,9H2,1H3,(H,20,21). The normalized spacial score (nSPS) is 10.0. The van der Waals surface area contributed by atoms with Crippen LogP contribution in [0.4, 0.5) is 4.39 Å². The monoisotopic (exact) mass is 302 g/mol. The second kappa shape index (κ2) is 6.38. The number of carbonyl (C=O) groups excluding carboxylic acids is 1. The highest BCUT2D eigenvalue weighted by molar-refractivity contribution is 6.31. The molecule has 0 atom stereocenters. The van der Waals surface area contributed by atoms with Crippen LogP contribution < -0.4 is 5.32 Å². The third-order valence-electron chi connectivity index (χ3n) is 3.06. The van der Waals surface area contributed by atoms with Gasteiger partial charge < -0.3 is 5.32 Å². The first-order valence-electron chi connectivity index (χ1n) is 6.24. The SMILES string of the molecule is Cc1ccc(C(=O)NCc2ccc(C#N)cc2F)cc1Cl. The molecule has 21 heavy (non-hydrogen) atoms. The van der Waals surface area contributed by atoms with E-state index in [0.717, 1.165) is 11.6 Å². The van der Waals surface area contributed by atoms with E-state index < -0.39 is 5.82 Å². The molecule has 2 aromatic carbocycles. The van der Waals surface area contributed by atoms with Gasteiger partial charge in [-0.2, -0.15) is 5.26 Å². The maximum Gasteiger partial charge on any atom is 0.251 e. The average Bonchev–Trinajstić information content (AvgIpc) is 2.48. The van der Waals surface area contributed by atoms with Crippen molar-refractivity contribution in [3.05, 3.63) is 69.5 Å². The average molecular weight is 303 g/mol. The van der Waals surface area contributed by atoms with Gasteiger partial charge in [-0.1, -0.05) is 23.7 Å². The van der Waals surface area contributed by atoms with Gasteiger partial charge in [0.15, 0.2) is 0 Å². The molecule has 5 heteroatoms. The van der Waals surface area contributed by atoms with E-state index in [-0.39, 0.29) is 18.0 Å². The lowest BCUT2D eigenvalue weighted by Gasteiger charge is -2.07. The van der Waals surface area contributed by atoms with Crippen LogP contribution in [-0.4, -0.2) is 5.91 Å². The van der Waals surface area contributed by atoms with Crippen molar-refractivity contribution in [3.8, 4) is 6.07 Å². The summed E-state index contributed by atoms with van der Waals surface area (Å²) in [5.41, 5.74) is 1.86. The Labute approximate surface area is 127 Å². The first kappa shape index (κ1) is 15.0. The Morgan fingerprint density at radius 3 is 2.71 bits per heavy atom. The summed E-state index contributed by atoms with van der Waals surface area (Å²) in [5, 5.41) is 11.8. The number of rotatable bonds is 3. The van der Waals surface area contributed by atoms with E-state index in [9.17, 15) is 9.18 Å². The fourth-order valence-electron chi connectivity index (χ4n) is 1.77. The molecule has 2 rings (SSSR count). The molecular formula is C16H12ClFN2O. The number of carbonyl (C=O) groups is 1. The van der Waals surface area contributed by atoms with Gasteiger partial charge in [0.2, 0.25) is 0 Å². The topological polar surface area (TPSA) is 52.9 Å². The second-order valence-corrected chi connectivity index (χ2v) is 4.97. The molecule has 1 N–H and O–H groups in total. The van der Waals surface area contributed by atoms with E-state index >= 15 is 0 Å². The minimum absolute atomic E-state index is 0.0435. The van der Waals surface area contributed by atoms with Crippen LogP contribution >= 0.6 is 11.6 Å². The Balaban J connectivity index is 2.07. The van der Waals surface area contributed by atoms with Crippen molar-refractivity contribution in [1.82, 2.24) is 5.32 Å². The van der Waals surface area contributed by atoms with E-state index in [4.69, 9.17) is 16.9 Å². The van der Waals surface area contributed by atoms with Gasteiger partial charge in [-0.05, 0) is 36.8 Å². The van der Waals surface area contributed by atoms with E-state index in [1.165, 1.54) is 12.1 Å². The van der Waals surface area contributed by atoms with Crippen molar-refractivity contribution >= 4 is 17.5 Å². The molecule has 1 amide bonds. The molecule has 106 valence electrons. The molecule has 0 aromatic heterocycles. The maximum atomic E-state index is 13.7. The van der Waals surface area contributed by atoms with Crippen molar-refractivity contribution in [3.63, 3.8) is 0 Å². The zero-order valence-electron chi connectivity index (χ0n) is 11.3. The fourth-order valence-corrected chi connectivity index (χ4v) is 1.95. The molecule has 0 saturated heterocycles. The Kier molecular flexibility index (Phi) is 4.56. The number of nitrogens with zero attached hydrogens (tertiary/aromatic N) is 1. The third-order valence-corrected chi connectivity index (χ3v) is 3.46. The summed E-state index contributed by atoms with van der Waals surface area (Å²) in [7, 11) is 0. The number of nitriles is 1. The van der Waals surface area contributed by atoms with Crippen LogP contribution in [0.25, 0.3) is 0 Å². The molecule has 0 heterocycles. The summed E-state index contributed by atoms with van der Waals surface area (Å²) in [4.78, 5) is 12.0. The fraction of sp³-hybridized carbons (Fsp3) is 0.125. The zero-order valence-corrected chi connectivity index (χ0v) is 12.0. The second-order valence-electron chi connectivity index (χ2n) is 4.56. The lowest BCUT2D eigenvalue weighted by molar-refractivity contribution is 0.0950. The van der Waals surface area contributed by atoms with E-state index in [1.54, 1.807) is 18.2 Å². The van der Waals surface area contributed by atoms with E-state index in [0.29, 0.717) is 16.1 Å². The molecule has 3 nitrogen and oxygen atoms in total. The molecule has 2 aromatic rings. The molecule has 0 aliphatic carbocycles. The Morgan fingerprint density at radius 1 is 1.33 bits per heavy atom. The first-order chi connectivity index (χ1) is 10.0. The van der Waals surface area contributed by atoms with Gasteiger partial charge in [-0.25, -0.2) is 4.39 Å². The van der Waals surface area contributed by atoms with Gasteiger partial charge in [0.25, 0.3) is 5.91 Å². The Morgan fingerprint density at radius 2 is 2.10 bits per heavy atom. The smallest absolute Gasteiger partial charge is 0.251 e. The van der Waals surface area contributed by atoms with Crippen LogP contribution in [0.15, 0.2) is 36.4 Å². The molecule has 0 spiro atoms. The molecule has 0 unspecified atom stereocenters. The van der Waals surface area contributed by atoms with Crippen LogP contribution in [-0.2, 0) is 6.54 Å². The van der Waals surface area contributed by atoms with Gasteiger partial charge >= 0.3 is 0 Å². The first-order valence-corrected chi connectivity index (χ1v) is 6.62. The van der Waals surface area contributed by atoms with Gasteiger partial charge in [-0.15, -0.1) is 0 Å². The molecule has 0 bridgehead atoms. The number of amides is 1. The van der Waals surface area contributed by atoms with Crippen molar-refractivity contribution in [2.24, 2.45) is 0 Å². The van der Waals surface area contributed by atoms with Crippen LogP contribution in [0, 0.1) is 24.1 Å². The highest BCUT2D eigenvalue weighted by Gasteiger charge is 2.09. The van der Waals surface area contributed by atoms with Crippen molar-refractivity contribution in [2.75, 3.05) is 0 Å². The highest BCUT2D eigenvalue weighted by Crippen LogP contribution is 2.17. The lowest BCUT2D eigenvalue weighted by atomic mass is 10.1. The predicted octanol–water partition coefficient (Wildman–Crippen LogP) is 3.59. The van der Waals surface area contributed by atoms with Crippen molar-refractivity contribution in [2.45, 2.75) is 13.5 Å². The van der Waals surface area contributed by atoms with E-state index in [1.807, 2.05) is 13.0 Å². The maximum absolute atomic E-state index is 13.7. The van der Waals surface area contributed by atoms with Gasteiger partial charge in [-0.3, -0.25) is 4.79 Å². The molecule has 0 fully saturated rings. The predicted molar refractivity (Wildman–Crippen MR) is 78.5 cm³/mol. The largest absolute Gasteiger partial charge is 0.348 e. The number of hydrogen-bond donors (Lipinski definition) is 1. The summed E-state index contributed by atoms with van der Waals surface area (Å²) in [6, 6.07) is 11.0. The number of benzene rings is 2.